The lowest BCUT2D eigenvalue weighted by Crippen LogP contribution is -2.31. The van der Waals surface area contributed by atoms with Gasteiger partial charge in [-0.2, -0.15) is 0 Å². The lowest BCUT2D eigenvalue weighted by Gasteiger charge is -2.25. The number of halogens is 1. The number of ketones is 1. The van der Waals surface area contributed by atoms with Crippen LogP contribution in [0.15, 0.2) is 48.0 Å². The quantitative estimate of drug-likeness (QED) is 0.232. The van der Waals surface area contributed by atoms with Crippen molar-refractivity contribution < 1.29 is 24.2 Å². The number of Topliss-reactive ketones (excluding diaryl/α,β-unsaturated/α-hetero) is 1. The van der Waals surface area contributed by atoms with Crippen molar-refractivity contribution in [2.75, 3.05) is 26.9 Å². The molecule has 2 aromatic carbocycles. The van der Waals surface area contributed by atoms with Crippen molar-refractivity contribution in [3.05, 3.63) is 69.8 Å². The molecule has 0 aliphatic carbocycles. The monoisotopic (exact) mass is 471 g/mol. The maximum atomic E-state index is 13.1. The van der Waals surface area contributed by atoms with Gasteiger partial charge in [0.1, 0.15) is 11.5 Å². The number of carbonyl (C=O) groups excluding carboxylic acids is 2. The van der Waals surface area contributed by atoms with Crippen LogP contribution in [0.25, 0.3) is 5.76 Å². The second kappa shape index (κ2) is 10.9. The van der Waals surface area contributed by atoms with Crippen molar-refractivity contribution in [1.82, 2.24) is 4.90 Å². The first-order chi connectivity index (χ1) is 15.8. The third kappa shape index (κ3) is 5.23. The fourth-order valence-electron chi connectivity index (χ4n) is 3.97. The maximum absolute atomic E-state index is 13.1. The number of likely N-dealkylation sites (tertiary alicyclic amines) is 1. The number of aliphatic hydroxyl groups is 1. The molecule has 6 nitrogen and oxygen atoms in total. The minimum absolute atomic E-state index is 0.0551. The van der Waals surface area contributed by atoms with Crippen LogP contribution in [0.5, 0.6) is 5.75 Å². The minimum atomic E-state index is -0.712. The first-order valence-corrected chi connectivity index (χ1v) is 11.5. The Morgan fingerprint density at radius 2 is 1.85 bits per heavy atom. The molecule has 0 saturated carbocycles. The maximum Gasteiger partial charge on any atom is 0.295 e. The molecule has 2 aromatic rings. The summed E-state index contributed by atoms with van der Waals surface area (Å²) in [6, 6.07) is 11.9. The average molecular weight is 472 g/mol. The van der Waals surface area contributed by atoms with Gasteiger partial charge < -0.3 is 19.5 Å². The van der Waals surface area contributed by atoms with Crippen molar-refractivity contribution >= 4 is 29.1 Å². The summed E-state index contributed by atoms with van der Waals surface area (Å²) in [6.07, 6.45) is 0.569. The molecule has 0 aromatic heterocycles. The molecule has 0 radical (unpaired) electrons. The van der Waals surface area contributed by atoms with Gasteiger partial charge in [-0.05, 0) is 48.6 Å². The first kappa shape index (κ1) is 24.8. The molecule has 176 valence electrons. The summed E-state index contributed by atoms with van der Waals surface area (Å²) in [5.41, 5.74) is 2.33. The van der Waals surface area contributed by atoms with Crippen LogP contribution in [0.1, 0.15) is 55.8 Å². The van der Waals surface area contributed by atoms with E-state index in [9.17, 15) is 14.7 Å². The summed E-state index contributed by atoms with van der Waals surface area (Å²) in [5, 5.41) is 11.6. The molecule has 0 bridgehead atoms. The zero-order valence-corrected chi connectivity index (χ0v) is 20.2. The normalized spacial score (nSPS) is 17.8. The van der Waals surface area contributed by atoms with Gasteiger partial charge in [0.05, 0.1) is 23.2 Å². The molecule has 1 saturated heterocycles. The summed E-state index contributed by atoms with van der Waals surface area (Å²) in [7, 11) is 1.59. The smallest absolute Gasteiger partial charge is 0.295 e. The molecule has 1 N–H and O–H groups in total. The van der Waals surface area contributed by atoms with Crippen LogP contribution >= 0.6 is 11.6 Å². The van der Waals surface area contributed by atoms with Crippen LogP contribution in [0.3, 0.4) is 0 Å². The van der Waals surface area contributed by atoms with Gasteiger partial charge in [0, 0.05) is 25.8 Å². The van der Waals surface area contributed by atoms with Crippen molar-refractivity contribution in [2.45, 2.75) is 39.2 Å². The molecular formula is C26H30ClNO5. The Labute approximate surface area is 199 Å². The molecule has 1 amide bonds. The Hall–Kier alpha value is -2.83. The molecule has 1 fully saturated rings. The van der Waals surface area contributed by atoms with Crippen LogP contribution in [0.2, 0.25) is 5.02 Å². The third-order valence-electron chi connectivity index (χ3n) is 5.71. The van der Waals surface area contributed by atoms with Crippen molar-refractivity contribution in [2.24, 2.45) is 0 Å². The first-order valence-electron chi connectivity index (χ1n) is 11.1. The molecular weight excluding hydrogens is 442 g/mol. The van der Waals surface area contributed by atoms with Crippen LogP contribution in [0.4, 0.5) is 0 Å². The molecule has 1 aliphatic rings. The number of amides is 1. The molecule has 1 unspecified atom stereocenters. The van der Waals surface area contributed by atoms with Gasteiger partial charge >= 0.3 is 0 Å². The Morgan fingerprint density at radius 3 is 2.45 bits per heavy atom. The van der Waals surface area contributed by atoms with E-state index in [2.05, 4.69) is 13.8 Å². The van der Waals surface area contributed by atoms with Crippen LogP contribution < -0.4 is 4.74 Å². The number of hydrogen-bond acceptors (Lipinski definition) is 5. The average Bonchev–Trinajstić information content (AvgIpc) is 3.05. The van der Waals surface area contributed by atoms with Crippen LogP contribution in [0, 0.1) is 0 Å². The number of carbonyl (C=O) groups is 2. The molecule has 1 heterocycles. The fourth-order valence-corrected chi connectivity index (χ4v) is 4.14. The Bertz CT molecular complexity index is 1050. The highest BCUT2D eigenvalue weighted by atomic mass is 35.5. The number of rotatable bonds is 9. The van der Waals surface area contributed by atoms with E-state index in [-0.39, 0.29) is 11.3 Å². The minimum Gasteiger partial charge on any atom is -0.507 e. The zero-order chi connectivity index (χ0) is 24.1. The predicted molar refractivity (Wildman–Crippen MR) is 129 cm³/mol. The largest absolute Gasteiger partial charge is 0.507 e. The summed E-state index contributed by atoms with van der Waals surface area (Å²) in [4.78, 5) is 27.6. The van der Waals surface area contributed by atoms with Gasteiger partial charge in [0.15, 0.2) is 0 Å². The summed E-state index contributed by atoms with van der Waals surface area (Å²) in [6.45, 7) is 7.21. The zero-order valence-electron chi connectivity index (χ0n) is 19.4. The van der Waals surface area contributed by atoms with Crippen LogP contribution in [-0.2, 0) is 14.3 Å². The Kier molecular flexibility index (Phi) is 8.16. The number of nitrogens with zero attached hydrogens (tertiary/aromatic N) is 1. The second-order valence-corrected chi connectivity index (χ2v) is 8.65. The van der Waals surface area contributed by atoms with E-state index in [0.717, 1.165) is 11.1 Å². The van der Waals surface area contributed by atoms with Gasteiger partial charge in [-0.3, -0.25) is 9.59 Å². The topological polar surface area (TPSA) is 76.1 Å². The number of methoxy groups -OCH3 is 1. The Balaban J connectivity index is 2.12. The van der Waals surface area contributed by atoms with E-state index in [1.807, 2.05) is 31.2 Å². The van der Waals surface area contributed by atoms with Crippen molar-refractivity contribution in [3.63, 3.8) is 0 Å². The number of hydrogen-bond donors (Lipinski definition) is 1. The molecule has 1 atom stereocenters. The molecule has 1 aliphatic heterocycles. The van der Waals surface area contributed by atoms with Crippen molar-refractivity contribution in [3.8, 4) is 5.75 Å². The highest BCUT2D eigenvalue weighted by Crippen LogP contribution is 2.40. The van der Waals surface area contributed by atoms with Gasteiger partial charge in [0.25, 0.3) is 11.7 Å². The Morgan fingerprint density at radius 1 is 1.15 bits per heavy atom. The van der Waals surface area contributed by atoms with Gasteiger partial charge in [-0.1, -0.05) is 49.7 Å². The van der Waals surface area contributed by atoms with Gasteiger partial charge in [0.2, 0.25) is 0 Å². The number of benzene rings is 2. The van der Waals surface area contributed by atoms with E-state index in [1.165, 1.54) is 4.90 Å². The van der Waals surface area contributed by atoms with E-state index >= 15 is 0 Å². The van der Waals surface area contributed by atoms with E-state index in [1.54, 1.807) is 25.3 Å². The van der Waals surface area contributed by atoms with Gasteiger partial charge in [-0.15, -0.1) is 0 Å². The molecule has 3 rings (SSSR count). The highest BCUT2D eigenvalue weighted by molar-refractivity contribution is 6.46. The lowest BCUT2D eigenvalue weighted by molar-refractivity contribution is -0.140. The fraction of sp³-hybridized carbons (Fsp3) is 0.385. The van der Waals surface area contributed by atoms with E-state index in [0.29, 0.717) is 48.4 Å². The SMILES string of the molecule is CCOc1cc(/C(O)=C2/C(=O)C(=O)N(CCCOC)C2c2ccc(C(C)C)cc2)ccc1Cl. The third-order valence-corrected chi connectivity index (χ3v) is 6.02. The van der Waals surface area contributed by atoms with Crippen LogP contribution in [-0.4, -0.2) is 48.6 Å². The standard InChI is InChI=1S/C26H30ClNO5/c1-5-33-21-15-19(11-12-20(21)27)24(29)22-23(18-9-7-17(8-10-18)16(2)3)28(13-6-14-32-4)26(31)25(22)30/h7-12,15-16,23,29H,5-6,13-14H2,1-4H3/b24-22-. The van der Waals surface area contributed by atoms with E-state index in [4.69, 9.17) is 21.1 Å². The van der Waals surface area contributed by atoms with Crippen molar-refractivity contribution in [1.29, 1.82) is 0 Å². The number of aliphatic hydroxyl groups excluding tert-OH is 1. The summed E-state index contributed by atoms with van der Waals surface area (Å²) >= 11 is 6.19. The van der Waals surface area contributed by atoms with E-state index < -0.39 is 17.7 Å². The lowest BCUT2D eigenvalue weighted by atomic mass is 9.93. The summed E-state index contributed by atoms with van der Waals surface area (Å²) < 4.78 is 10.7. The number of ether oxygens (including phenoxy) is 2. The molecule has 0 spiro atoms. The molecule has 33 heavy (non-hydrogen) atoms. The molecule has 7 heteroatoms. The predicted octanol–water partition coefficient (Wildman–Crippen LogP) is 5.32. The highest BCUT2D eigenvalue weighted by Gasteiger charge is 2.45. The summed E-state index contributed by atoms with van der Waals surface area (Å²) in [5.74, 6) is -0.855. The second-order valence-electron chi connectivity index (χ2n) is 8.24. The van der Waals surface area contributed by atoms with Gasteiger partial charge in [-0.25, -0.2) is 0 Å².